The van der Waals surface area contributed by atoms with Crippen LogP contribution in [0.2, 0.25) is 0 Å². The summed E-state index contributed by atoms with van der Waals surface area (Å²) in [7, 11) is 0. The fourth-order valence-corrected chi connectivity index (χ4v) is 2.13. The van der Waals surface area contributed by atoms with E-state index < -0.39 is 0 Å². The summed E-state index contributed by atoms with van der Waals surface area (Å²) in [5, 5.41) is 16.8. The number of unbranched alkanes of at least 4 members (excludes halogenated alkanes) is 1. The number of piperazine rings is 1. The zero-order valence-corrected chi connectivity index (χ0v) is 11.6. The van der Waals surface area contributed by atoms with E-state index in [2.05, 4.69) is 31.1 Å². The van der Waals surface area contributed by atoms with Crippen molar-refractivity contribution in [3.63, 3.8) is 0 Å². The second kappa shape index (κ2) is 6.43. The minimum atomic E-state index is 0.643. The first-order valence-corrected chi connectivity index (χ1v) is 6.73. The monoisotopic (exact) mass is 260 g/mol. The van der Waals surface area contributed by atoms with Crippen molar-refractivity contribution in [1.82, 2.24) is 20.1 Å². The summed E-state index contributed by atoms with van der Waals surface area (Å²) in [5.41, 5.74) is 1.83. The van der Waals surface area contributed by atoms with Crippen molar-refractivity contribution in [3.8, 4) is 6.07 Å². The van der Waals surface area contributed by atoms with Gasteiger partial charge in [-0.05, 0) is 26.8 Å². The lowest BCUT2D eigenvalue weighted by Gasteiger charge is -2.34. The van der Waals surface area contributed by atoms with Crippen LogP contribution in [-0.2, 0) is 0 Å². The van der Waals surface area contributed by atoms with Gasteiger partial charge in [0.2, 0.25) is 5.95 Å². The van der Waals surface area contributed by atoms with Gasteiger partial charge in [0.25, 0.3) is 0 Å². The van der Waals surface area contributed by atoms with Crippen LogP contribution in [0.5, 0.6) is 0 Å². The van der Waals surface area contributed by atoms with Gasteiger partial charge >= 0.3 is 0 Å². The van der Waals surface area contributed by atoms with Crippen LogP contribution in [0.25, 0.3) is 0 Å². The average Bonchev–Trinajstić information content (AvgIpc) is 2.43. The third-order valence-corrected chi connectivity index (χ3v) is 3.50. The first-order valence-electron chi connectivity index (χ1n) is 6.73. The van der Waals surface area contributed by atoms with Gasteiger partial charge in [-0.3, -0.25) is 4.90 Å². The van der Waals surface area contributed by atoms with Crippen molar-refractivity contribution in [1.29, 1.82) is 5.26 Å². The van der Waals surface area contributed by atoms with Crippen molar-refractivity contribution in [2.24, 2.45) is 0 Å². The molecular formula is C13H20N6. The number of hydrogen-bond acceptors (Lipinski definition) is 6. The maximum absolute atomic E-state index is 8.53. The molecule has 6 heteroatoms. The molecule has 1 aliphatic rings. The molecule has 1 aliphatic heterocycles. The fourth-order valence-electron chi connectivity index (χ4n) is 2.13. The van der Waals surface area contributed by atoms with E-state index in [9.17, 15) is 0 Å². The molecule has 0 aliphatic carbocycles. The van der Waals surface area contributed by atoms with E-state index in [-0.39, 0.29) is 0 Å². The molecule has 2 heterocycles. The van der Waals surface area contributed by atoms with E-state index in [4.69, 9.17) is 5.26 Å². The molecule has 0 aromatic carbocycles. The number of nitriles is 1. The molecule has 1 saturated heterocycles. The van der Waals surface area contributed by atoms with Crippen LogP contribution >= 0.6 is 0 Å². The first-order chi connectivity index (χ1) is 9.20. The number of hydrogen-bond donors (Lipinski definition) is 0. The van der Waals surface area contributed by atoms with E-state index in [1.165, 1.54) is 0 Å². The summed E-state index contributed by atoms with van der Waals surface area (Å²) in [6.07, 6.45) is 1.60. The number of aryl methyl sites for hydroxylation is 2. The maximum Gasteiger partial charge on any atom is 0.245 e. The van der Waals surface area contributed by atoms with E-state index in [1.54, 1.807) is 0 Å². The number of rotatable bonds is 4. The van der Waals surface area contributed by atoms with Crippen molar-refractivity contribution in [3.05, 3.63) is 11.4 Å². The van der Waals surface area contributed by atoms with E-state index in [1.807, 2.05) is 13.8 Å². The van der Waals surface area contributed by atoms with Gasteiger partial charge in [-0.2, -0.15) is 10.4 Å². The van der Waals surface area contributed by atoms with Crippen LogP contribution in [0.4, 0.5) is 5.95 Å². The quantitative estimate of drug-likeness (QED) is 0.750. The van der Waals surface area contributed by atoms with Crippen LogP contribution < -0.4 is 4.90 Å². The highest BCUT2D eigenvalue weighted by molar-refractivity contribution is 5.30. The maximum atomic E-state index is 8.53. The summed E-state index contributed by atoms with van der Waals surface area (Å²) < 4.78 is 0. The van der Waals surface area contributed by atoms with E-state index in [0.717, 1.165) is 56.5 Å². The molecule has 0 spiro atoms. The molecule has 0 N–H and O–H groups in total. The summed E-state index contributed by atoms with van der Waals surface area (Å²) in [6.45, 7) is 8.75. The van der Waals surface area contributed by atoms with Crippen LogP contribution in [0.3, 0.4) is 0 Å². The normalized spacial score (nSPS) is 16.4. The number of nitrogens with zero attached hydrogens (tertiary/aromatic N) is 6. The Hall–Kier alpha value is -1.74. The largest absolute Gasteiger partial charge is 0.337 e. The molecule has 1 aromatic heterocycles. The Labute approximate surface area is 114 Å². The summed E-state index contributed by atoms with van der Waals surface area (Å²) in [6, 6.07) is 2.19. The van der Waals surface area contributed by atoms with Gasteiger partial charge in [-0.15, -0.1) is 5.10 Å². The lowest BCUT2D eigenvalue weighted by molar-refractivity contribution is 0.254. The lowest BCUT2D eigenvalue weighted by atomic mass is 10.2. The summed E-state index contributed by atoms with van der Waals surface area (Å²) in [5.74, 6) is 0.736. The number of anilines is 1. The SMILES string of the molecule is Cc1nnc(N2CCN(CCCC#N)CC2)nc1C. The van der Waals surface area contributed by atoms with Crippen LogP contribution in [0.15, 0.2) is 0 Å². The molecule has 19 heavy (non-hydrogen) atoms. The molecule has 1 aromatic rings. The molecular weight excluding hydrogens is 240 g/mol. The third kappa shape index (κ3) is 3.61. The summed E-state index contributed by atoms with van der Waals surface area (Å²) in [4.78, 5) is 9.06. The Morgan fingerprint density at radius 2 is 1.84 bits per heavy atom. The minimum Gasteiger partial charge on any atom is -0.337 e. The van der Waals surface area contributed by atoms with Crippen molar-refractivity contribution < 1.29 is 0 Å². The van der Waals surface area contributed by atoms with Gasteiger partial charge in [-0.1, -0.05) is 0 Å². The molecule has 6 nitrogen and oxygen atoms in total. The molecule has 0 amide bonds. The zero-order valence-electron chi connectivity index (χ0n) is 11.6. The number of aromatic nitrogens is 3. The molecule has 0 bridgehead atoms. The second-order valence-electron chi connectivity index (χ2n) is 4.87. The molecule has 2 rings (SSSR count). The first kappa shape index (κ1) is 13.7. The van der Waals surface area contributed by atoms with Gasteiger partial charge in [0, 0.05) is 32.6 Å². The fraction of sp³-hybridized carbons (Fsp3) is 0.692. The Kier molecular flexibility index (Phi) is 4.63. The minimum absolute atomic E-state index is 0.643. The van der Waals surface area contributed by atoms with Gasteiger partial charge in [0.05, 0.1) is 17.5 Å². The average molecular weight is 260 g/mol. The molecule has 0 unspecified atom stereocenters. The highest BCUT2D eigenvalue weighted by atomic mass is 15.4. The second-order valence-corrected chi connectivity index (χ2v) is 4.87. The van der Waals surface area contributed by atoms with Crippen molar-refractivity contribution in [2.75, 3.05) is 37.6 Å². The molecule has 0 radical (unpaired) electrons. The van der Waals surface area contributed by atoms with Crippen molar-refractivity contribution in [2.45, 2.75) is 26.7 Å². The smallest absolute Gasteiger partial charge is 0.245 e. The molecule has 102 valence electrons. The lowest BCUT2D eigenvalue weighted by Crippen LogP contribution is -2.47. The van der Waals surface area contributed by atoms with Gasteiger partial charge in [0.1, 0.15) is 0 Å². The topological polar surface area (TPSA) is 68.9 Å². The Balaban J connectivity index is 1.86. The van der Waals surface area contributed by atoms with Gasteiger partial charge < -0.3 is 4.90 Å². The van der Waals surface area contributed by atoms with Gasteiger partial charge in [-0.25, -0.2) is 4.98 Å². The van der Waals surface area contributed by atoms with E-state index >= 15 is 0 Å². The van der Waals surface area contributed by atoms with Crippen LogP contribution in [-0.4, -0.2) is 52.8 Å². The highest BCUT2D eigenvalue weighted by Crippen LogP contribution is 2.11. The molecule has 0 atom stereocenters. The molecule has 0 saturated carbocycles. The van der Waals surface area contributed by atoms with E-state index in [0.29, 0.717) is 6.42 Å². The zero-order chi connectivity index (χ0) is 13.7. The highest BCUT2D eigenvalue weighted by Gasteiger charge is 2.19. The van der Waals surface area contributed by atoms with Crippen LogP contribution in [0.1, 0.15) is 24.2 Å². The van der Waals surface area contributed by atoms with Crippen LogP contribution in [0, 0.1) is 25.2 Å². The Bertz CT molecular complexity index is 459. The molecule has 1 fully saturated rings. The van der Waals surface area contributed by atoms with Gasteiger partial charge in [0.15, 0.2) is 0 Å². The van der Waals surface area contributed by atoms with Crippen molar-refractivity contribution >= 4 is 5.95 Å². The summed E-state index contributed by atoms with van der Waals surface area (Å²) >= 11 is 0. The Morgan fingerprint density at radius 3 is 2.47 bits per heavy atom. The Morgan fingerprint density at radius 1 is 1.11 bits per heavy atom. The predicted molar refractivity (Wildman–Crippen MR) is 72.8 cm³/mol. The predicted octanol–water partition coefficient (Wildman–Crippen LogP) is 0.914. The third-order valence-electron chi connectivity index (χ3n) is 3.50. The standard InChI is InChI=1S/C13H20N6/c1-11-12(2)16-17-13(15-11)19-9-7-18(8-10-19)6-4-3-5-14/h3-4,6-10H2,1-2H3.